The second kappa shape index (κ2) is 4.93. The van der Waals surface area contributed by atoms with Crippen LogP contribution in [-0.2, 0) is 0 Å². The van der Waals surface area contributed by atoms with Gasteiger partial charge in [-0.1, -0.05) is 12.8 Å². The Morgan fingerprint density at radius 3 is 2.88 bits per heavy atom. The molecule has 0 saturated heterocycles. The largest absolute Gasteiger partial charge is 0.396 e. The fraction of sp³-hybridized carbons (Fsp3) is 0.636. The van der Waals surface area contributed by atoms with Gasteiger partial charge in [-0.25, -0.2) is 4.98 Å². The maximum Gasteiger partial charge on any atom is 0.270 e. The molecule has 2 rings (SSSR count). The summed E-state index contributed by atoms with van der Waals surface area (Å²) < 4.78 is 0. The van der Waals surface area contributed by atoms with Crippen LogP contribution in [0.1, 0.15) is 36.2 Å². The predicted octanol–water partition coefficient (Wildman–Crippen LogP) is 1.43. The van der Waals surface area contributed by atoms with Gasteiger partial charge in [0.05, 0.1) is 12.1 Å². The van der Waals surface area contributed by atoms with Crippen LogP contribution in [0.4, 0.5) is 0 Å². The lowest BCUT2D eigenvalue weighted by Gasteiger charge is -2.26. The molecule has 1 aromatic rings. The average Bonchev–Trinajstić information content (AvgIpc) is 2.98. The van der Waals surface area contributed by atoms with Crippen molar-refractivity contribution in [1.82, 2.24) is 10.3 Å². The number of hydrogen-bond donors (Lipinski definition) is 2. The second-order valence-corrected chi connectivity index (χ2v) is 5.14. The van der Waals surface area contributed by atoms with Crippen molar-refractivity contribution in [3.05, 3.63) is 16.6 Å². The Balaban J connectivity index is 1.89. The zero-order chi connectivity index (χ0) is 11.4. The Morgan fingerprint density at radius 1 is 1.56 bits per heavy atom. The third kappa shape index (κ3) is 2.41. The summed E-state index contributed by atoms with van der Waals surface area (Å²) in [7, 11) is 0. The van der Waals surface area contributed by atoms with Crippen LogP contribution in [0.3, 0.4) is 0 Å². The topological polar surface area (TPSA) is 62.2 Å². The number of carbonyl (C=O) groups is 1. The lowest BCUT2D eigenvalue weighted by Crippen LogP contribution is -2.38. The highest BCUT2D eigenvalue weighted by molar-refractivity contribution is 7.07. The highest BCUT2D eigenvalue weighted by Crippen LogP contribution is 2.36. The molecule has 4 nitrogen and oxygen atoms in total. The van der Waals surface area contributed by atoms with Gasteiger partial charge in [0.15, 0.2) is 0 Å². The molecule has 2 N–H and O–H groups in total. The van der Waals surface area contributed by atoms with Crippen LogP contribution >= 0.6 is 11.3 Å². The first-order valence-corrected chi connectivity index (χ1v) is 6.47. The molecule has 0 atom stereocenters. The number of aliphatic hydroxyl groups excluding tert-OH is 1. The molecule has 16 heavy (non-hydrogen) atoms. The van der Waals surface area contributed by atoms with Crippen LogP contribution in [-0.4, -0.2) is 29.1 Å². The second-order valence-electron chi connectivity index (χ2n) is 4.42. The van der Waals surface area contributed by atoms with Crippen molar-refractivity contribution in [2.24, 2.45) is 5.41 Å². The third-order valence-corrected chi connectivity index (χ3v) is 3.87. The van der Waals surface area contributed by atoms with Crippen molar-refractivity contribution >= 4 is 17.2 Å². The first-order chi connectivity index (χ1) is 7.76. The summed E-state index contributed by atoms with van der Waals surface area (Å²) >= 11 is 1.41. The molecule has 0 bridgehead atoms. The Labute approximate surface area is 98.7 Å². The SMILES string of the molecule is O=C(NCC1(CO)CCCC1)c1cscn1. The van der Waals surface area contributed by atoms with Crippen molar-refractivity contribution < 1.29 is 9.90 Å². The number of rotatable bonds is 4. The highest BCUT2D eigenvalue weighted by atomic mass is 32.1. The zero-order valence-electron chi connectivity index (χ0n) is 9.11. The van der Waals surface area contributed by atoms with Crippen LogP contribution in [0, 0.1) is 5.41 Å². The van der Waals surface area contributed by atoms with E-state index in [0.717, 1.165) is 25.7 Å². The van der Waals surface area contributed by atoms with E-state index in [9.17, 15) is 9.90 Å². The van der Waals surface area contributed by atoms with Crippen LogP contribution in [0.25, 0.3) is 0 Å². The first-order valence-electron chi connectivity index (χ1n) is 5.53. The molecular formula is C11H16N2O2S. The van der Waals surface area contributed by atoms with Gasteiger partial charge in [-0.05, 0) is 12.8 Å². The number of amides is 1. The molecule has 1 aliphatic rings. The Kier molecular flexibility index (Phi) is 3.56. The van der Waals surface area contributed by atoms with Crippen LogP contribution in [0.2, 0.25) is 0 Å². The predicted molar refractivity (Wildman–Crippen MR) is 62.4 cm³/mol. The van der Waals surface area contributed by atoms with E-state index in [4.69, 9.17) is 0 Å². The number of hydrogen-bond acceptors (Lipinski definition) is 4. The van der Waals surface area contributed by atoms with Gasteiger partial charge in [0.1, 0.15) is 5.69 Å². The molecule has 0 spiro atoms. The molecule has 1 amide bonds. The van der Waals surface area contributed by atoms with E-state index in [1.54, 1.807) is 10.9 Å². The summed E-state index contributed by atoms with van der Waals surface area (Å²) in [5, 5.41) is 14.0. The van der Waals surface area contributed by atoms with Crippen molar-refractivity contribution in [1.29, 1.82) is 0 Å². The van der Waals surface area contributed by atoms with Crippen molar-refractivity contribution in [3.63, 3.8) is 0 Å². The lowest BCUT2D eigenvalue weighted by molar-refractivity contribution is 0.0876. The van der Waals surface area contributed by atoms with E-state index in [-0.39, 0.29) is 17.9 Å². The minimum absolute atomic E-state index is 0.0916. The number of carbonyl (C=O) groups excluding carboxylic acids is 1. The van der Waals surface area contributed by atoms with E-state index in [1.165, 1.54) is 11.3 Å². The monoisotopic (exact) mass is 240 g/mol. The molecule has 0 aromatic carbocycles. The molecular weight excluding hydrogens is 224 g/mol. The van der Waals surface area contributed by atoms with E-state index in [2.05, 4.69) is 10.3 Å². The number of nitrogens with zero attached hydrogens (tertiary/aromatic N) is 1. The normalized spacial score (nSPS) is 18.6. The fourth-order valence-corrected chi connectivity index (χ4v) is 2.73. The molecule has 0 aliphatic heterocycles. The first kappa shape index (κ1) is 11.5. The Bertz CT molecular complexity index is 345. The van der Waals surface area contributed by atoms with E-state index in [0.29, 0.717) is 12.2 Å². The van der Waals surface area contributed by atoms with Crippen molar-refractivity contribution in [3.8, 4) is 0 Å². The fourth-order valence-electron chi connectivity index (χ4n) is 2.20. The molecule has 1 aromatic heterocycles. The van der Waals surface area contributed by atoms with Gasteiger partial charge in [-0.15, -0.1) is 11.3 Å². The van der Waals surface area contributed by atoms with Gasteiger partial charge in [0.25, 0.3) is 5.91 Å². The standard InChI is InChI=1S/C11H16N2O2S/c14-7-11(3-1-2-4-11)6-12-10(15)9-5-16-8-13-9/h5,8,14H,1-4,6-7H2,(H,12,15). The molecule has 1 aliphatic carbocycles. The molecule has 88 valence electrons. The Morgan fingerprint density at radius 2 is 2.31 bits per heavy atom. The average molecular weight is 240 g/mol. The molecule has 1 fully saturated rings. The van der Waals surface area contributed by atoms with Gasteiger partial charge in [0, 0.05) is 17.3 Å². The zero-order valence-corrected chi connectivity index (χ0v) is 9.92. The van der Waals surface area contributed by atoms with Crippen molar-refractivity contribution in [2.75, 3.05) is 13.2 Å². The van der Waals surface area contributed by atoms with E-state index in [1.807, 2.05) is 0 Å². The summed E-state index contributed by atoms with van der Waals surface area (Å²) in [5.41, 5.74) is 2.02. The van der Waals surface area contributed by atoms with Gasteiger partial charge < -0.3 is 10.4 Å². The maximum absolute atomic E-state index is 11.7. The summed E-state index contributed by atoms with van der Waals surface area (Å²) in [6.45, 7) is 0.713. The minimum Gasteiger partial charge on any atom is -0.396 e. The molecule has 0 unspecified atom stereocenters. The van der Waals surface area contributed by atoms with Crippen LogP contribution in [0.15, 0.2) is 10.9 Å². The quantitative estimate of drug-likeness (QED) is 0.836. The summed E-state index contributed by atoms with van der Waals surface area (Å²) in [6, 6.07) is 0. The Hall–Kier alpha value is -0.940. The van der Waals surface area contributed by atoms with Gasteiger partial charge in [-0.3, -0.25) is 4.79 Å². The van der Waals surface area contributed by atoms with Gasteiger partial charge >= 0.3 is 0 Å². The third-order valence-electron chi connectivity index (χ3n) is 3.29. The van der Waals surface area contributed by atoms with E-state index < -0.39 is 0 Å². The van der Waals surface area contributed by atoms with Crippen LogP contribution in [0.5, 0.6) is 0 Å². The summed E-state index contributed by atoms with van der Waals surface area (Å²) in [5.74, 6) is -0.138. The number of nitrogens with one attached hydrogen (secondary N) is 1. The van der Waals surface area contributed by atoms with Gasteiger partial charge in [0.2, 0.25) is 0 Å². The van der Waals surface area contributed by atoms with Gasteiger partial charge in [-0.2, -0.15) is 0 Å². The minimum atomic E-state index is -0.138. The summed E-state index contributed by atoms with van der Waals surface area (Å²) in [4.78, 5) is 15.6. The van der Waals surface area contributed by atoms with Crippen LogP contribution < -0.4 is 5.32 Å². The number of aromatic nitrogens is 1. The maximum atomic E-state index is 11.7. The molecule has 1 saturated carbocycles. The molecule has 1 heterocycles. The molecule has 5 heteroatoms. The number of aliphatic hydroxyl groups is 1. The van der Waals surface area contributed by atoms with E-state index >= 15 is 0 Å². The summed E-state index contributed by atoms with van der Waals surface area (Å²) in [6.07, 6.45) is 4.29. The lowest BCUT2D eigenvalue weighted by atomic mass is 9.87. The smallest absolute Gasteiger partial charge is 0.270 e. The highest BCUT2D eigenvalue weighted by Gasteiger charge is 2.33. The molecule has 0 radical (unpaired) electrons. The number of thiazole rings is 1. The van der Waals surface area contributed by atoms with Crippen molar-refractivity contribution in [2.45, 2.75) is 25.7 Å².